The molecule has 22 heavy (non-hydrogen) atoms. The van der Waals surface area contributed by atoms with Crippen LogP contribution in [-0.4, -0.2) is 23.7 Å². The number of nitrogens with two attached hydrogens (primary N) is 2. The van der Waals surface area contributed by atoms with Crippen molar-refractivity contribution in [2.24, 2.45) is 0 Å². The minimum Gasteiger partial charge on any atom is -0.493 e. The zero-order valence-electron chi connectivity index (χ0n) is 11.7. The van der Waals surface area contributed by atoms with Crippen LogP contribution in [0, 0.1) is 22.7 Å². The molecular formula is C14H12N6O2. The Balaban J connectivity index is 2.55. The van der Waals surface area contributed by atoms with Crippen molar-refractivity contribution < 1.29 is 9.47 Å². The fourth-order valence-corrected chi connectivity index (χ4v) is 1.86. The lowest BCUT2D eigenvalue weighted by Gasteiger charge is -2.11. The van der Waals surface area contributed by atoms with E-state index >= 15 is 0 Å². The first-order chi connectivity index (χ1) is 10.6. The first-order valence-corrected chi connectivity index (χ1v) is 6.12. The minimum atomic E-state index is -0.105. The van der Waals surface area contributed by atoms with Crippen molar-refractivity contribution in [1.82, 2.24) is 9.97 Å². The number of hydrogen-bond acceptors (Lipinski definition) is 8. The van der Waals surface area contributed by atoms with E-state index in [1.165, 1.54) is 7.11 Å². The van der Waals surface area contributed by atoms with Gasteiger partial charge in [0, 0.05) is 5.56 Å². The summed E-state index contributed by atoms with van der Waals surface area (Å²) in [6, 6.07) is 8.72. The number of nitrogen functional groups attached to an aromatic ring is 2. The Morgan fingerprint density at radius 1 is 1.18 bits per heavy atom. The molecule has 2 rings (SSSR count). The molecule has 8 heteroatoms. The highest BCUT2D eigenvalue weighted by Crippen LogP contribution is 2.34. The molecular weight excluding hydrogens is 284 g/mol. The average molecular weight is 296 g/mol. The second kappa shape index (κ2) is 6.29. The summed E-state index contributed by atoms with van der Waals surface area (Å²) in [5, 5.41) is 17.8. The number of rotatable bonds is 4. The van der Waals surface area contributed by atoms with Gasteiger partial charge in [-0.3, -0.25) is 0 Å². The smallest absolute Gasteiger partial charge is 0.222 e. The van der Waals surface area contributed by atoms with E-state index in [0.717, 1.165) is 0 Å². The molecule has 1 aromatic carbocycles. The van der Waals surface area contributed by atoms with Crippen molar-refractivity contribution in [2.75, 3.05) is 25.2 Å². The number of ether oxygens (including phenoxy) is 2. The number of nitriles is 2. The summed E-state index contributed by atoms with van der Waals surface area (Å²) >= 11 is 0. The van der Waals surface area contributed by atoms with Crippen LogP contribution in [-0.2, 0) is 0 Å². The molecule has 1 aromatic heterocycles. The molecule has 0 bridgehead atoms. The van der Waals surface area contributed by atoms with E-state index in [1.54, 1.807) is 18.2 Å². The van der Waals surface area contributed by atoms with Gasteiger partial charge >= 0.3 is 0 Å². The molecule has 0 radical (unpaired) electrons. The van der Waals surface area contributed by atoms with Crippen LogP contribution in [0.5, 0.6) is 11.5 Å². The third-order valence-corrected chi connectivity index (χ3v) is 2.80. The molecule has 0 amide bonds. The van der Waals surface area contributed by atoms with Gasteiger partial charge in [-0.05, 0) is 18.2 Å². The van der Waals surface area contributed by atoms with Gasteiger partial charge in [-0.1, -0.05) is 0 Å². The maximum atomic E-state index is 9.21. The Bertz CT molecular complexity index is 791. The fraction of sp³-hybridized carbons (Fsp3) is 0.143. The van der Waals surface area contributed by atoms with Gasteiger partial charge in [0.2, 0.25) is 5.95 Å². The van der Waals surface area contributed by atoms with E-state index < -0.39 is 0 Å². The van der Waals surface area contributed by atoms with Crippen LogP contribution in [0.25, 0.3) is 11.3 Å². The zero-order chi connectivity index (χ0) is 16.1. The summed E-state index contributed by atoms with van der Waals surface area (Å²) in [4.78, 5) is 7.82. The van der Waals surface area contributed by atoms with Gasteiger partial charge in [0.1, 0.15) is 23.5 Å². The zero-order valence-corrected chi connectivity index (χ0v) is 11.7. The molecule has 0 saturated heterocycles. The van der Waals surface area contributed by atoms with E-state index in [9.17, 15) is 5.26 Å². The van der Waals surface area contributed by atoms with Crippen molar-refractivity contribution in [2.45, 2.75) is 0 Å². The summed E-state index contributed by atoms with van der Waals surface area (Å²) < 4.78 is 10.5. The molecule has 2 aromatic rings. The normalized spacial score (nSPS) is 9.59. The highest BCUT2D eigenvalue weighted by Gasteiger charge is 2.15. The van der Waals surface area contributed by atoms with Gasteiger partial charge in [0.15, 0.2) is 18.1 Å². The number of anilines is 2. The highest BCUT2D eigenvalue weighted by atomic mass is 16.5. The number of benzene rings is 1. The molecule has 0 aliphatic rings. The van der Waals surface area contributed by atoms with Crippen LogP contribution in [0.3, 0.4) is 0 Å². The topological polar surface area (TPSA) is 144 Å². The van der Waals surface area contributed by atoms with E-state index in [4.69, 9.17) is 26.2 Å². The molecule has 0 saturated carbocycles. The summed E-state index contributed by atoms with van der Waals surface area (Å²) in [6.07, 6.45) is 0. The molecule has 0 atom stereocenters. The Morgan fingerprint density at radius 3 is 2.59 bits per heavy atom. The van der Waals surface area contributed by atoms with E-state index in [1.807, 2.05) is 12.1 Å². The number of methoxy groups -OCH3 is 1. The average Bonchev–Trinajstić information content (AvgIpc) is 2.52. The molecule has 8 nitrogen and oxygen atoms in total. The molecule has 4 N–H and O–H groups in total. The quantitative estimate of drug-likeness (QED) is 0.852. The predicted molar refractivity (Wildman–Crippen MR) is 78.7 cm³/mol. The third kappa shape index (κ3) is 2.81. The molecule has 1 heterocycles. The van der Waals surface area contributed by atoms with Gasteiger partial charge < -0.3 is 20.9 Å². The van der Waals surface area contributed by atoms with Gasteiger partial charge in [0.05, 0.1) is 12.8 Å². The maximum Gasteiger partial charge on any atom is 0.222 e. The van der Waals surface area contributed by atoms with Gasteiger partial charge in [0.25, 0.3) is 0 Å². The van der Waals surface area contributed by atoms with Gasteiger partial charge in [-0.15, -0.1) is 0 Å². The van der Waals surface area contributed by atoms with Crippen LogP contribution in [0.2, 0.25) is 0 Å². The molecule has 0 unspecified atom stereocenters. The monoisotopic (exact) mass is 296 g/mol. The number of hydrogen-bond donors (Lipinski definition) is 2. The maximum absolute atomic E-state index is 9.21. The molecule has 0 spiro atoms. The lowest BCUT2D eigenvalue weighted by Crippen LogP contribution is -2.05. The van der Waals surface area contributed by atoms with Crippen LogP contribution >= 0.6 is 0 Å². The Hall–Kier alpha value is -3.52. The predicted octanol–water partition coefficient (Wildman–Crippen LogP) is 1.09. The highest BCUT2D eigenvalue weighted by molar-refractivity contribution is 5.74. The van der Waals surface area contributed by atoms with Gasteiger partial charge in [-0.25, -0.2) is 4.98 Å². The standard InChI is InChI=1S/C14H12N6O2/c1-21-11-6-8(2-3-10(11)22-5-4-15)12-9(7-16)13(17)20-14(18)19-12/h2-3,6H,5H2,1H3,(H4,17,18,19,20). The Morgan fingerprint density at radius 2 is 1.95 bits per heavy atom. The summed E-state index contributed by atoms with van der Waals surface area (Å²) in [7, 11) is 1.46. The molecule has 0 fully saturated rings. The summed E-state index contributed by atoms with van der Waals surface area (Å²) in [5.41, 5.74) is 12.3. The molecule has 110 valence electrons. The second-order valence-electron chi connectivity index (χ2n) is 4.11. The molecule has 0 aliphatic heterocycles. The van der Waals surface area contributed by atoms with Crippen LogP contribution < -0.4 is 20.9 Å². The van der Waals surface area contributed by atoms with Crippen molar-refractivity contribution >= 4 is 11.8 Å². The lowest BCUT2D eigenvalue weighted by atomic mass is 10.1. The van der Waals surface area contributed by atoms with Crippen molar-refractivity contribution in [3.8, 4) is 34.9 Å². The van der Waals surface area contributed by atoms with E-state index in [-0.39, 0.29) is 23.9 Å². The fourth-order valence-electron chi connectivity index (χ4n) is 1.86. The van der Waals surface area contributed by atoms with Gasteiger partial charge in [-0.2, -0.15) is 15.5 Å². The summed E-state index contributed by atoms with van der Waals surface area (Å²) in [5.74, 6) is 0.776. The SMILES string of the molecule is COc1cc(-c2nc(N)nc(N)c2C#N)ccc1OCC#N. The second-order valence-corrected chi connectivity index (χ2v) is 4.11. The van der Waals surface area contributed by atoms with Crippen molar-refractivity contribution in [3.63, 3.8) is 0 Å². The Kier molecular flexibility index (Phi) is 4.25. The van der Waals surface area contributed by atoms with Crippen LogP contribution in [0.15, 0.2) is 18.2 Å². The first-order valence-electron chi connectivity index (χ1n) is 6.12. The Labute approximate surface area is 126 Å². The lowest BCUT2D eigenvalue weighted by molar-refractivity contribution is 0.330. The summed E-state index contributed by atoms with van der Waals surface area (Å²) in [6.45, 7) is -0.105. The minimum absolute atomic E-state index is 0.00812. The van der Waals surface area contributed by atoms with Crippen LogP contribution in [0.4, 0.5) is 11.8 Å². The third-order valence-electron chi connectivity index (χ3n) is 2.80. The largest absolute Gasteiger partial charge is 0.493 e. The van der Waals surface area contributed by atoms with Crippen LogP contribution in [0.1, 0.15) is 5.56 Å². The van der Waals surface area contributed by atoms with E-state index in [0.29, 0.717) is 22.8 Å². The number of aromatic nitrogens is 2. The molecule has 0 aliphatic carbocycles. The van der Waals surface area contributed by atoms with Crippen molar-refractivity contribution in [1.29, 1.82) is 10.5 Å². The number of nitrogens with zero attached hydrogens (tertiary/aromatic N) is 4. The first kappa shape index (κ1) is 14.9. The van der Waals surface area contributed by atoms with Crippen molar-refractivity contribution in [3.05, 3.63) is 23.8 Å². The van der Waals surface area contributed by atoms with E-state index in [2.05, 4.69) is 9.97 Å².